The van der Waals surface area contributed by atoms with Crippen LogP contribution < -0.4 is 14.8 Å². The van der Waals surface area contributed by atoms with Crippen LogP contribution in [0.1, 0.15) is 5.56 Å². The van der Waals surface area contributed by atoms with Gasteiger partial charge in [-0.2, -0.15) is 0 Å². The lowest BCUT2D eigenvalue weighted by atomic mass is 10.2. The lowest BCUT2D eigenvalue weighted by molar-refractivity contribution is 0.355. The molecule has 3 nitrogen and oxygen atoms in total. The summed E-state index contributed by atoms with van der Waals surface area (Å²) >= 11 is 9.47. The molecule has 112 valence electrons. The highest BCUT2D eigenvalue weighted by Crippen LogP contribution is 2.36. The van der Waals surface area contributed by atoms with Crippen molar-refractivity contribution in [3.63, 3.8) is 0 Å². The predicted octanol–water partition coefficient (Wildman–Crippen LogP) is 4.87. The maximum absolute atomic E-state index is 13.0. The molecule has 1 N–H and O–H groups in total. The molecular weight excluding hydrogens is 361 g/mol. The molecule has 0 saturated heterocycles. The van der Waals surface area contributed by atoms with Gasteiger partial charge in [-0.1, -0.05) is 11.6 Å². The lowest BCUT2D eigenvalue weighted by Crippen LogP contribution is -2.02. The van der Waals surface area contributed by atoms with Crippen molar-refractivity contribution < 1.29 is 13.9 Å². The second kappa shape index (κ2) is 7.00. The van der Waals surface area contributed by atoms with E-state index < -0.39 is 0 Å². The van der Waals surface area contributed by atoms with Crippen molar-refractivity contribution in [3.8, 4) is 11.5 Å². The highest BCUT2D eigenvalue weighted by molar-refractivity contribution is 9.10. The van der Waals surface area contributed by atoms with E-state index >= 15 is 0 Å². The summed E-state index contributed by atoms with van der Waals surface area (Å²) in [5, 5.41) is 3.68. The first-order valence-electron chi connectivity index (χ1n) is 6.14. The molecule has 0 fully saturated rings. The van der Waals surface area contributed by atoms with E-state index in [1.54, 1.807) is 19.2 Å². The number of nitrogens with one attached hydrogen (secondary N) is 1. The first kappa shape index (κ1) is 15.9. The van der Waals surface area contributed by atoms with E-state index in [1.165, 1.54) is 19.2 Å². The van der Waals surface area contributed by atoms with Crippen molar-refractivity contribution >= 4 is 33.2 Å². The van der Waals surface area contributed by atoms with Gasteiger partial charge < -0.3 is 14.8 Å². The zero-order chi connectivity index (χ0) is 15.4. The number of methoxy groups -OCH3 is 2. The Balaban J connectivity index is 2.18. The Morgan fingerprint density at radius 2 is 1.95 bits per heavy atom. The van der Waals surface area contributed by atoms with Crippen LogP contribution in [0.15, 0.2) is 34.8 Å². The molecule has 0 aromatic heterocycles. The van der Waals surface area contributed by atoms with E-state index in [0.717, 1.165) is 11.3 Å². The third-order valence-corrected chi connectivity index (χ3v) is 3.84. The maximum atomic E-state index is 13.0. The highest BCUT2D eigenvalue weighted by Gasteiger charge is 2.11. The van der Waals surface area contributed by atoms with Crippen LogP contribution >= 0.6 is 27.5 Å². The summed E-state index contributed by atoms with van der Waals surface area (Å²) in [6.45, 7) is 0.518. The normalized spacial score (nSPS) is 10.3. The van der Waals surface area contributed by atoms with Crippen molar-refractivity contribution in [2.24, 2.45) is 0 Å². The fraction of sp³-hybridized carbons (Fsp3) is 0.200. The van der Waals surface area contributed by atoms with Gasteiger partial charge in [0.05, 0.1) is 19.2 Å². The molecule has 21 heavy (non-hydrogen) atoms. The van der Waals surface area contributed by atoms with Crippen LogP contribution in [0.2, 0.25) is 5.02 Å². The number of anilines is 1. The molecule has 2 rings (SSSR count). The first-order valence-corrected chi connectivity index (χ1v) is 7.31. The first-order chi connectivity index (χ1) is 10.0. The molecule has 0 heterocycles. The van der Waals surface area contributed by atoms with Gasteiger partial charge in [0.25, 0.3) is 0 Å². The molecule has 0 bridgehead atoms. The molecule has 0 unspecified atom stereocenters. The van der Waals surface area contributed by atoms with E-state index in [0.29, 0.717) is 27.5 Å². The summed E-state index contributed by atoms with van der Waals surface area (Å²) in [5.41, 5.74) is 1.72. The zero-order valence-electron chi connectivity index (χ0n) is 11.5. The monoisotopic (exact) mass is 373 g/mol. The Hall–Kier alpha value is -1.46. The van der Waals surface area contributed by atoms with Crippen LogP contribution in [0.3, 0.4) is 0 Å². The molecule has 0 aliphatic heterocycles. The molecule has 2 aromatic rings. The van der Waals surface area contributed by atoms with E-state index in [2.05, 4.69) is 21.2 Å². The Kier molecular flexibility index (Phi) is 5.31. The van der Waals surface area contributed by atoms with Crippen molar-refractivity contribution in [1.29, 1.82) is 0 Å². The minimum Gasteiger partial charge on any atom is -0.493 e. The van der Waals surface area contributed by atoms with E-state index in [4.69, 9.17) is 21.1 Å². The van der Waals surface area contributed by atoms with Crippen LogP contribution in [-0.2, 0) is 6.54 Å². The molecule has 0 amide bonds. The van der Waals surface area contributed by atoms with Crippen molar-refractivity contribution in [1.82, 2.24) is 0 Å². The van der Waals surface area contributed by atoms with Crippen molar-refractivity contribution in [2.75, 3.05) is 19.5 Å². The average Bonchev–Trinajstić information content (AvgIpc) is 2.45. The van der Waals surface area contributed by atoms with Gasteiger partial charge in [-0.15, -0.1) is 0 Å². The Labute approximate surface area is 136 Å². The van der Waals surface area contributed by atoms with Gasteiger partial charge in [0.2, 0.25) is 0 Å². The van der Waals surface area contributed by atoms with Gasteiger partial charge in [0, 0.05) is 16.7 Å². The van der Waals surface area contributed by atoms with Crippen molar-refractivity contribution in [2.45, 2.75) is 6.54 Å². The summed E-state index contributed by atoms with van der Waals surface area (Å²) < 4.78 is 24.1. The number of rotatable bonds is 5. The van der Waals surface area contributed by atoms with Gasteiger partial charge >= 0.3 is 0 Å². The SMILES string of the molecule is COc1cc(CNc2ccc(F)cc2Br)cc(Cl)c1OC. The number of ether oxygens (including phenoxy) is 2. The van der Waals surface area contributed by atoms with Gasteiger partial charge in [-0.05, 0) is 51.8 Å². The molecule has 0 aliphatic rings. The number of hydrogen-bond acceptors (Lipinski definition) is 3. The van der Waals surface area contributed by atoms with Gasteiger partial charge in [0.1, 0.15) is 5.82 Å². The van der Waals surface area contributed by atoms with Crippen LogP contribution in [0.5, 0.6) is 11.5 Å². The molecule has 0 aliphatic carbocycles. The Bertz CT molecular complexity index is 652. The third-order valence-electron chi connectivity index (χ3n) is 2.91. The third kappa shape index (κ3) is 3.80. The second-order valence-corrected chi connectivity index (χ2v) is 5.55. The van der Waals surface area contributed by atoms with Gasteiger partial charge in [-0.3, -0.25) is 0 Å². The van der Waals surface area contributed by atoms with Crippen LogP contribution in [0.4, 0.5) is 10.1 Å². The summed E-state index contributed by atoms with van der Waals surface area (Å²) in [5.74, 6) is 0.785. The second-order valence-electron chi connectivity index (χ2n) is 4.29. The smallest absolute Gasteiger partial charge is 0.179 e. The summed E-state index contributed by atoms with van der Waals surface area (Å²) in [7, 11) is 3.10. The van der Waals surface area contributed by atoms with Crippen LogP contribution in [-0.4, -0.2) is 14.2 Å². The highest BCUT2D eigenvalue weighted by atomic mass is 79.9. The summed E-state index contributed by atoms with van der Waals surface area (Å²) in [4.78, 5) is 0. The molecule has 0 spiro atoms. The Morgan fingerprint density at radius 3 is 2.57 bits per heavy atom. The standard InChI is InChI=1S/C15H14BrClFNO2/c1-20-14-6-9(5-12(17)15(14)21-2)8-19-13-4-3-10(18)7-11(13)16/h3-7,19H,8H2,1-2H3. The van der Waals surface area contributed by atoms with Crippen molar-refractivity contribution in [3.05, 3.63) is 51.2 Å². The minimum absolute atomic E-state index is 0.290. The van der Waals surface area contributed by atoms with E-state index in [1.807, 2.05) is 6.07 Å². The molecule has 6 heteroatoms. The predicted molar refractivity (Wildman–Crippen MR) is 86.0 cm³/mol. The molecule has 0 radical (unpaired) electrons. The molecular formula is C15H14BrClFNO2. The fourth-order valence-electron chi connectivity index (χ4n) is 1.90. The topological polar surface area (TPSA) is 30.5 Å². The van der Waals surface area contributed by atoms with Crippen LogP contribution in [0, 0.1) is 5.82 Å². The van der Waals surface area contributed by atoms with Crippen LogP contribution in [0.25, 0.3) is 0 Å². The van der Waals surface area contributed by atoms with Gasteiger partial charge in [0.15, 0.2) is 11.5 Å². The Morgan fingerprint density at radius 1 is 1.19 bits per heavy atom. The zero-order valence-corrected chi connectivity index (χ0v) is 13.9. The van der Waals surface area contributed by atoms with E-state index in [-0.39, 0.29) is 5.82 Å². The number of hydrogen-bond donors (Lipinski definition) is 1. The largest absolute Gasteiger partial charge is 0.493 e. The summed E-state index contributed by atoms with van der Waals surface area (Å²) in [6, 6.07) is 8.11. The molecule has 0 saturated carbocycles. The average molecular weight is 375 g/mol. The molecule has 2 aromatic carbocycles. The lowest BCUT2D eigenvalue weighted by Gasteiger charge is -2.13. The quantitative estimate of drug-likeness (QED) is 0.810. The van der Waals surface area contributed by atoms with E-state index in [9.17, 15) is 4.39 Å². The fourth-order valence-corrected chi connectivity index (χ4v) is 2.70. The minimum atomic E-state index is -0.290. The number of benzene rings is 2. The molecule has 0 atom stereocenters. The van der Waals surface area contributed by atoms with Gasteiger partial charge in [-0.25, -0.2) is 4.39 Å². The maximum Gasteiger partial charge on any atom is 0.179 e. The summed E-state index contributed by atoms with van der Waals surface area (Å²) in [6.07, 6.45) is 0. The number of halogens is 3.